The summed E-state index contributed by atoms with van der Waals surface area (Å²) in [5, 5.41) is 15.0. The topological polar surface area (TPSA) is 50.9 Å². The minimum atomic E-state index is -5.52. The number of halogens is 6. The van der Waals surface area contributed by atoms with Crippen LogP contribution in [-0.4, -0.2) is 32.2 Å². The minimum absolute atomic E-state index is 0.138. The average Bonchev–Trinajstić information content (AvgIpc) is 2.58. The lowest BCUT2D eigenvalue weighted by Crippen LogP contribution is -2.36. The van der Waals surface area contributed by atoms with Gasteiger partial charge in [0.1, 0.15) is 6.61 Å². The molecule has 0 amide bonds. The molecule has 0 aromatic carbocycles. The van der Waals surface area contributed by atoms with Gasteiger partial charge >= 0.3 is 12.4 Å². The number of aliphatic hydroxyl groups excluding tert-OH is 1. The predicted octanol–water partition coefficient (Wildman–Crippen LogP) is 2.39. The summed E-state index contributed by atoms with van der Waals surface area (Å²) in [6, 6.07) is 0. The van der Waals surface area contributed by atoms with E-state index in [0.717, 1.165) is 0 Å². The molecule has 0 spiro atoms. The molecule has 0 unspecified atom stereocenters. The van der Waals surface area contributed by atoms with Gasteiger partial charge in [-0.05, 0) is 6.42 Å². The monoisotopic (exact) mass is 291 g/mol. The van der Waals surface area contributed by atoms with Crippen LogP contribution in [0.5, 0.6) is 0 Å². The van der Waals surface area contributed by atoms with Gasteiger partial charge in [-0.15, -0.1) is 10.2 Å². The number of hydrogen-bond acceptors (Lipinski definition) is 3. The molecule has 0 radical (unpaired) electrons. The number of hydrogen-bond donors (Lipinski definition) is 1. The SMILES string of the molecule is CCCn1c(CO)nnc1C(C(F)(F)F)C(F)(F)F. The molecule has 10 heteroatoms. The Hall–Kier alpha value is -1.32. The zero-order valence-corrected chi connectivity index (χ0v) is 9.76. The molecular formula is C9H11F6N3O. The predicted molar refractivity (Wildman–Crippen MR) is 51.1 cm³/mol. The van der Waals surface area contributed by atoms with Crippen molar-refractivity contribution in [1.82, 2.24) is 14.8 Å². The second-order valence-electron chi connectivity index (χ2n) is 3.80. The normalized spacial score (nSPS) is 13.3. The van der Waals surface area contributed by atoms with Crippen LogP contribution in [0.15, 0.2) is 0 Å². The Morgan fingerprint density at radius 3 is 2.00 bits per heavy atom. The number of aromatic nitrogens is 3. The molecule has 0 aliphatic rings. The third kappa shape index (κ3) is 3.37. The number of rotatable bonds is 4. The zero-order chi connectivity index (χ0) is 14.8. The van der Waals surface area contributed by atoms with Gasteiger partial charge in [-0.1, -0.05) is 6.92 Å². The first-order valence-electron chi connectivity index (χ1n) is 5.29. The van der Waals surface area contributed by atoms with Crippen molar-refractivity contribution in [2.24, 2.45) is 0 Å². The number of alkyl halides is 6. The molecule has 19 heavy (non-hydrogen) atoms. The zero-order valence-electron chi connectivity index (χ0n) is 9.76. The van der Waals surface area contributed by atoms with Crippen LogP contribution in [0.4, 0.5) is 26.3 Å². The highest BCUT2D eigenvalue weighted by Gasteiger charge is 2.60. The van der Waals surface area contributed by atoms with E-state index >= 15 is 0 Å². The Balaban J connectivity index is 3.35. The van der Waals surface area contributed by atoms with Crippen LogP contribution < -0.4 is 0 Å². The first-order valence-corrected chi connectivity index (χ1v) is 5.29. The van der Waals surface area contributed by atoms with Gasteiger partial charge < -0.3 is 9.67 Å². The lowest BCUT2D eigenvalue weighted by Gasteiger charge is -2.22. The molecule has 0 saturated carbocycles. The van der Waals surface area contributed by atoms with E-state index in [4.69, 9.17) is 5.11 Å². The second kappa shape index (κ2) is 5.35. The van der Waals surface area contributed by atoms with Crippen molar-refractivity contribution < 1.29 is 31.4 Å². The highest BCUT2D eigenvalue weighted by Crippen LogP contribution is 2.45. The van der Waals surface area contributed by atoms with Crippen LogP contribution in [0, 0.1) is 0 Å². The lowest BCUT2D eigenvalue weighted by molar-refractivity contribution is -0.256. The highest BCUT2D eigenvalue weighted by atomic mass is 19.4. The molecule has 0 atom stereocenters. The molecule has 1 aromatic rings. The molecule has 0 fully saturated rings. The van der Waals surface area contributed by atoms with E-state index in [-0.39, 0.29) is 18.8 Å². The molecule has 110 valence electrons. The maximum atomic E-state index is 12.6. The van der Waals surface area contributed by atoms with Crippen LogP contribution in [-0.2, 0) is 13.2 Å². The molecule has 1 rings (SSSR count). The lowest BCUT2D eigenvalue weighted by atomic mass is 10.1. The summed E-state index contributed by atoms with van der Waals surface area (Å²) >= 11 is 0. The van der Waals surface area contributed by atoms with Crippen LogP contribution in [0.1, 0.15) is 30.9 Å². The van der Waals surface area contributed by atoms with Gasteiger partial charge in [-0.3, -0.25) is 0 Å². The fraction of sp³-hybridized carbons (Fsp3) is 0.778. The van der Waals surface area contributed by atoms with E-state index in [0.29, 0.717) is 4.57 Å². The Labute approximate surface area is 104 Å². The summed E-state index contributed by atoms with van der Waals surface area (Å²) in [6.45, 7) is 0.650. The van der Waals surface area contributed by atoms with E-state index < -0.39 is 30.7 Å². The van der Waals surface area contributed by atoms with Crippen molar-refractivity contribution >= 4 is 0 Å². The molecule has 1 N–H and O–H groups in total. The van der Waals surface area contributed by atoms with Crippen molar-refractivity contribution in [3.05, 3.63) is 11.6 Å². The first-order chi connectivity index (χ1) is 8.62. The van der Waals surface area contributed by atoms with Crippen LogP contribution in [0.2, 0.25) is 0 Å². The molecule has 0 saturated heterocycles. The highest BCUT2D eigenvalue weighted by molar-refractivity contribution is 5.08. The molecule has 0 aliphatic carbocycles. The summed E-state index contributed by atoms with van der Waals surface area (Å²) in [6.07, 6.45) is -10.8. The van der Waals surface area contributed by atoms with E-state index in [9.17, 15) is 26.3 Å². The van der Waals surface area contributed by atoms with Crippen LogP contribution in [0.25, 0.3) is 0 Å². The molecule has 4 nitrogen and oxygen atoms in total. The van der Waals surface area contributed by atoms with Gasteiger partial charge in [-0.25, -0.2) is 0 Å². The minimum Gasteiger partial charge on any atom is -0.388 e. The van der Waals surface area contributed by atoms with E-state index in [1.54, 1.807) is 6.92 Å². The van der Waals surface area contributed by atoms with Gasteiger partial charge in [-0.2, -0.15) is 26.3 Å². The third-order valence-electron chi connectivity index (χ3n) is 2.36. The number of aliphatic hydroxyl groups is 1. The van der Waals surface area contributed by atoms with Gasteiger partial charge in [0.2, 0.25) is 5.92 Å². The average molecular weight is 291 g/mol. The molecule has 1 heterocycles. The Kier molecular flexibility index (Phi) is 4.43. The maximum Gasteiger partial charge on any atom is 0.407 e. The Morgan fingerprint density at radius 1 is 1.11 bits per heavy atom. The smallest absolute Gasteiger partial charge is 0.388 e. The first kappa shape index (κ1) is 15.7. The van der Waals surface area contributed by atoms with Crippen LogP contribution >= 0.6 is 0 Å². The van der Waals surface area contributed by atoms with Gasteiger partial charge in [0.25, 0.3) is 0 Å². The van der Waals surface area contributed by atoms with Gasteiger partial charge in [0.15, 0.2) is 11.6 Å². The summed E-state index contributed by atoms with van der Waals surface area (Å²) in [7, 11) is 0. The fourth-order valence-electron chi connectivity index (χ4n) is 1.63. The van der Waals surface area contributed by atoms with Crippen molar-refractivity contribution in [2.75, 3.05) is 0 Å². The van der Waals surface area contributed by atoms with Crippen molar-refractivity contribution in [1.29, 1.82) is 0 Å². The largest absolute Gasteiger partial charge is 0.407 e. The van der Waals surface area contributed by atoms with Gasteiger partial charge in [0.05, 0.1) is 0 Å². The van der Waals surface area contributed by atoms with Crippen molar-refractivity contribution in [3.63, 3.8) is 0 Å². The molecular weight excluding hydrogens is 280 g/mol. The summed E-state index contributed by atoms with van der Waals surface area (Å²) in [5.41, 5.74) is 0. The number of nitrogens with zero attached hydrogens (tertiary/aromatic N) is 3. The van der Waals surface area contributed by atoms with E-state index in [1.807, 2.05) is 0 Å². The molecule has 0 bridgehead atoms. The summed E-state index contributed by atoms with van der Waals surface area (Å²) in [5.74, 6) is -5.28. The van der Waals surface area contributed by atoms with Crippen LogP contribution in [0.3, 0.4) is 0 Å². The third-order valence-corrected chi connectivity index (χ3v) is 2.36. The van der Waals surface area contributed by atoms with Crippen molar-refractivity contribution in [3.8, 4) is 0 Å². The summed E-state index contributed by atoms with van der Waals surface area (Å²) in [4.78, 5) is 0. The van der Waals surface area contributed by atoms with Crippen molar-refractivity contribution in [2.45, 2.75) is 44.8 Å². The Bertz CT molecular complexity index is 411. The maximum absolute atomic E-state index is 12.6. The Morgan fingerprint density at radius 2 is 1.63 bits per heavy atom. The standard InChI is InChI=1S/C9H11F6N3O/c1-2-3-18-5(4-19)16-17-7(18)6(8(10,11)12)9(13,14)15/h6,19H,2-4H2,1H3. The molecule has 1 aromatic heterocycles. The fourth-order valence-corrected chi connectivity index (χ4v) is 1.63. The quantitative estimate of drug-likeness (QED) is 0.867. The summed E-state index contributed by atoms with van der Waals surface area (Å²) < 4.78 is 76.1. The van der Waals surface area contributed by atoms with Gasteiger partial charge in [0, 0.05) is 6.54 Å². The second-order valence-corrected chi connectivity index (χ2v) is 3.80. The van der Waals surface area contributed by atoms with E-state index in [2.05, 4.69) is 10.2 Å². The molecule has 0 aliphatic heterocycles. The van der Waals surface area contributed by atoms with E-state index in [1.165, 1.54) is 0 Å².